The van der Waals surface area contributed by atoms with Gasteiger partial charge in [0.1, 0.15) is 11.1 Å². The molecule has 1 aliphatic rings. The summed E-state index contributed by atoms with van der Waals surface area (Å²) in [6.07, 6.45) is 1.14. The van der Waals surface area contributed by atoms with Crippen LogP contribution in [-0.4, -0.2) is 54.0 Å². The predicted octanol–water partition coefficient (Wildman–Crippen LogP) is 1.56. The Morgan fingerprint density at radius 1 is 1.50 bits per heavy atom. The van der Waals surface area contributed by atoms with E-state index in [1.165, 1.54) is 22.7 Å². The molecule has 0 saturated carbocycles. The van der Waals surface area contributed by atoms with Crippen molar-refractivity contribution in [2.24, 2.45) is 0 Å². The van der Waals surface area contributed by atoms with E-state index in [1.807, 2.05) is 22.6 Å². The molecular weight excluding hydrogens is 413 g/mol. The van der Waals surface area contributed by atoms with Crippen molar-refractivity contribution >= 4 is 50.1 Å². The van der Waals surface area contributed by atoms with Crippen LogP contribution in [0.4, 0.5) is 0 Å². The second kappa shape index (κ2) is 6.10. The first-order valence-corrected chi connectivity index (χ1v) is 10.1. The fourth-order valence-electron chi connectivity index (χ4n) is 2.00. The molecule has 0 spiro atoms. The minimum absolute atomic E-state index is 0.124. The van der Waals surface area contributed by atoms with E-state index >= 15 is 0 Å². The van der Waals surface area contributed by atoms with Crippen molar-refractivity contribution in [3.63, 3.8) is 0 Å². The highest BCUT2D eigenvalue weighted by atomic mass is 127. The van der Waals surface area contributed by atoms with Gasteiger partial charge < -0.3 is 10.0 Å². The standard InChI is InChI=1S/C12H14INO4S2/c1-20(17,18)11-7-19-5-4-14(11)12(16)9-6-8(13)2-3-10(9)15/h2-3,6,11,15H,4-5,7H2,1H3. The van der Waals surface area contributed by atoms with Crippen molar-refractivity contribution < 1.29 is 18.3 Å². The first kappa shape index (κ1) is 15.9. The zero-order chi connectivity index (χ0) is 14.9. The zero-order valence-corrected chi connectivity index (χ0v) is 14.5. The highest BCUT2D eigenvalue weighted by Crippen LogP contribution is 2.26. The van der Waals surface area contributed by atoms with Crippen molar-refractivity contribution in [1.29, 1.82) is 0 Å². The molecule has 1 aliphatic heterocycles. The molecule has 20 heavy (non-hydrogen) atoms. The molecule has 1 aromatic carbocycles. The number of hydrogen-bond acceptors (Lipinski definition) is 5. The highest BCUT2D eigenvalue weighted by molar-refractivity contribution is 14.1. The Morgan fingerprint density at radius 3 is 2.85 bits per heavy atom. The number of benzene rings is 1. The van der Waals surface area contributed by atoms with Crippen LogP contribution in [-0.2, 0) is 9.84 Å². The third-order valence-electron chi connectivity index (χ3n) is 3.03. The summed E-state index contributed by atoms with van der Waals surface area (Å²) < 4.78 is 24.4. The van der Waals surface area contributed by atoms with E-state index in [9.17, 15) is 18.3 Å². The summed E-state index contributed by atoms with van der Waals surface area (Å²) in [6.45, 7) is 0.367. The number of amides is 1. The van der Waals surface area contributed by atoms with Crippen molar-refractivity contribution in [3.8, 4) is 5.75 Å². The molecule has 0 bridgehead atoms. The molecule has 1 heterocycles. The van der Waals surface area contributed by atoms with Crippen LogP contribution < -0.4 is 0 Å². The molecule has 8 heteroatoms. The molecule has 1 saturated heterocycles. The number of sulfone groups is 1. The van der Waals surface area contributed by atoms with Crippen LogP contribution in [0.2, 0.25) is 0 Å². The fraction of sp³-hybridized carbons (Fsp3) is 0.417. The lowest BCUT2D eigenvalue weighted by atomic mass is 10.1. The van der Waals surface area contributed by atoms with Gasteiger partial charge in [0, 0.05) is 27.9 Å². The molecule has 0 aromatic heterocycles. The molecule has 2 rings (SSSR count). The van der Waals surface area contributed by atoms with Gasteiger partial charge in [-0.2, -0.15) is 11.8 Å². The summed E-state index contributed by atoms with van der Waals surface area (Å²) in [4.78, 5) is 13.9. The van der Waals surface area contributed by atoms with E-state index in [2.05, 4.69) is 0 Å². The maximum Gasteiger partial charge on any atom is 0.258 e. The number of hydrogen-bond donors (Lipinski definition) is 1. The van der Waals surface area contributed by atoms with Gasteiger partial charge in [-0.15, -0.1) is 0 Å². The number of aromatic hydroxyl groups is 1. The number of phenolic OH excluding ortho intramolecular Hbond substituents is 1. The Kier molecular flexibility index (Phi) is 4.85. The normalized spacial score (nSPS) is 19.9. The summed E-state index contributed by atoms with van der Waals surface area (Å²) in [5.74, 6) is 0.509. The molecule has 5 nitrogen and oxygen atoms in total. The van der Waals surface area contributed by atoms with Gasteiger partial charge in [0.2, 0.25) is 0 Å². The first-order chi connectivity index (χ1) is 9.30. The smallest absolute Gasteiger partial charge is 0.258 e. The van der Waals surface area contributed by atoms with Crippen molar-refractivity contribution in [3.05, 3.63) is 27.3 Å². The molecule has 0 radical (unpaired) electrons. The Hall–Kier alpha value is -0.480. The van der Waals surface area contributed by atoms with E-state index < -0.39 is 21.1 Å². The van der Waals surface area contributed by atoms with Crippen LogP contribution in [0, 0.1) is 3.57 Å². The van der Waals surface area contributed by atoms with Crippen LogP contribution in [0.5, 0.6) is 5.75 Å². The first-order valence-electron chi connectivity index (χ1n) is 5.87. The van der Waals surface area contributed by atoms with E-state index in [-0.39, 0.29) is 11.3 Å². The third kappa shape index (κ3) is 3.40. The Morgan fingerprint density at radius 2 is 2.20 bits per heavy atom. The predicted molar refractivity (Wildman–Crippen MR) is 87.8 cm³/mol. The van der Waals surface area contributed by atoms with Gasteiger partial charge in [-0.05, 0) is 40.8 Å². The summed E-state index contributed by atoms with van der Waals surface area (Å²) in [6, 6.07) is 4.70. The molecule has 0 aliphatic carbocycles. The maximum absolute atomic E-state index is 12.5. The van der Waals surface area contributed by atoms with Gasteiger partial charge >= 0.3 is 0 Å². The Labute approximate surface area is 135 Å². The lowest BCUT2D eigenvalue weighted by Gasteiger charge is -2.34. The lowest BCUT2D eigenvalue weighted by Crippen LogP contribution is -2.49. The number of rotatable bonds is 2. The fourth-order valence-corrected chi connectivity index (χ4v) is 5.31. The molecule has 1 unspecified atom stereocenters. The number of phenols is 1. The summed E-state index contributed by atoms with van der Waals surface area (Å²) in [5, 5.41) is 8.99. The van der Waals surface area contributed by atoms with E-state index in [0.29, 0.717) is 18.1 Å². The van der Waals surface area contributed by atoms with Gasteiger partial charge in [0.25, 0.3) is 5.91 Å². The van der Waals surface area contributed by atoms with Crippen LogP contribution in [0.3, 0.4) is 0 Å². The van der Waals surface area contributed by atoms with E-state index in [1.54, 1.807) is 12.1 Å². The van der Waals surface area contributed by atoms with Gasteiger partial charge in [-0.1, -0.05) is 0 Å². The molecule has 1 amide bonds. The Bertz CT molecular complexity index is 632. The van der Waals surface area contributed by atoms with Gasteiger partial charge in [0.15, 0.2) is 9.84 Å². The average molecular weight is 427 g/mol. The number of carbonyl (C=O) groups is 1. The number of thioether (sulfide) groups is 1. The highest BCUT2D eigenvalue weighted by Gasteiger charge is 2.35. The van der Waals surface area contributed by atoms with Gasteiger partial charge in [-0.25, -0.2) is 8.42 Å². The molecule has 110 valence electrons. The van der Waals surface area contributed by atoms with Gasteiger partial charge in [-0.3, -0.25) is 4.79 Å². The van der Waals surface area contributed by atoms with Crippen molar-refractivity contribution in [2.75, 3.05) is 24.3 Å². The van der Waals surface area contributed by atoms with E-state index in [4.69, 9.17) is 0 Å². The summed E-state index contributed by atoms with van der Waals surface area (Å²) in [5.41, 5.74) is 0.150. The van der Waals surface area contributed by atoms with Crippen molar-refractivity contribution in [2.45, 2.75) is 5.37 Å². The Balaban J connectivity index is 2.37. The molecule has 1 aromatic rings. The van der Waals surface area contributed by atoms with Crippen molar-refractivity contribution in [1.82, 2.24) is 4.90 Å². The van der Waals surface area contributed by atoms with Gasteiger partial charge in [0.05, 0.1) is 5.56 Å². The summed E-state index contributed by atoms with van der Waals surface area (Å²) >= 11 is 3.56. The van der Waals surface area contributed by atoms with Crippen LogP contribution in [0.1, 0.15) is 10.4 Å². The molecular formula is C12H14INO4S2. The topological polar surface area (TPSA) is 74.7 Å². The van der Waals surface area contributed by atoms with E-state index in [0.717, 1.165) is 9.83 Å². The number of halogens is 1. The minimum atomic E-state index is -3.35. The SMILES string of the molecule is CS(=O)(=O)C1CSCCN1C(=O)c1cc(I)ccc1O. The maximum atomic E-state index is 12.5. The number of nitrogens with zero attached hydrogens (tertiary/aromatic N) is 1. The monoisotopic (exact) mass is 427 g/mol. The lowest BCUT2D eigenvalue weighted by molar-refractivity contribution is 0.0746. The average Bonchev–Trinajstić information content (AvgIpc) is 2.40. The number of carbonyl (C=O) groups excluding carboxylic acids is 1. The minimum Gasteiger partial charge on any atom is -0.507 e. The van der Waals surface area contributed by atoms with Crippen LogP contribution in [0.15, 0.2) is 18.2 Å². The largest absolute Gasteiger partial charge is 0.507 e. The zero-order valence-electron chi connectivity index (χ0n) is 10.7. The second-order valence-corrected chi connectivity index (χ2v) is 9.12. The molecule has 1 N–H and O–H groups in total. The van der Waals surface area contributed by atoms with Crippen LogP contribution >= 0.6 is 34.4 Å². The second-order valence-electron chi connectivity index (χ2n) is 4.52. The molecule has 1 atom stereocenters. The molecule has 1 fully saturated rings. The quantitative estimate of drug-likeness (QED) is 0.726. The summed E-state index contributed by atoms with van der Waals surface area (Å²) in [7, 11) is -3.35. The van der Waals surface area contributed by atoms with Crippen LogP contribution in [0.25, 0.3) is 0 Å². The third-order valence-corrected chi connectivity index (χ3v) is 6.34.